The Hall–Kier alpha value is -1.48. The molecule has 0 amide bonds. The molecule has 3 heteroatoms. The van der Waals surface area contributed by atoms with E-state index in [1.54, 1.807) is 0 Å². The summed E-state index contributed by atoms with van der Waals surface area (Å²) in [5, 5.41) is 1.10. The van der Waals surface area contributed by atoms with Crippen molar-refractivity contribution in [3.05, 3.63) is 30.3 Å². The van der Waals surface area contributed by atoms with E-state index >= 15 is 0 Å². The van der Waals surface area contributed by atoms with E-state index in [0.717, 1.165) is 10.9 Å². The highest BCUT2D eigenvalue weighted by Crippen LogP contribution is 2.18. The van der Waals surface area contributed by atoms with Gasteiger partial charge in [0.1, 0.15) is 0 Å². The zero-order chi connectivity index (χ0) is 7.68. The van der Waals surface area contributed by atoms with Crippen LogP contribution in [0.15, 0.2) is 30.3 Å². The van der Waals surface area contributed by atoms with Gasteiger partial charge in [0, 0.05) is 17.0 Å². The first-order valence-electron chi connectivity index (χ1n) is 3.34. The zero-order valence-electron chi connectivity index (χ0n) is 5.87. The van der Waals surface area contributed by atoms with Crippen LogP contribution >= 0.6 is 0 Å². The lowest BCUT2D eigenvalue weighted by Crippen LogP contribution is -2.01. The summed E-state index contributed by atoms with van der Waals surface area (Å²) in [6, 6.07) is 9.75. The average molecular weight is 148 g/mol. The van der Waals surface area contributed by atoms with Crippen molar-refractivity contribution in [1.29, 1.82) is 0 Å². The highest BCUT2D eigenvalue weighted by molar-refractivity contribution is 5.81. The Balaban J connectivity index is 2.69. The fourth-order valence-corrected chi connectivity index (χ4v) is 1.11. The second-order valence-electron chi connectivity index (χ2n) is 2.34. The molecule has 11 heavy (non-hydrogen) atoms. The van der Waals surface area contributed by atoms with E-state index in [1.165, 1.54) is 0 Å². The van der Waals surface area contributed by atoms with Gasteiger partial charge in [-0.15, -0.1) is 0 Å². The molecule has 0 saturated heterocycles. The predicted molar refractivity (Wildman–Crippen MR) is 43.1 cm³/mol. The molecule has 0 radical (unpaired) electrons. The van der Waals surface area contributed by atoms with Gasteiger partial charge in [-0.25, -0.2) is 0 Å². The third kappa shape index (κ3) is 0.951. The molecular formula is C8H8N2O. The molecule has 0 saturated carbocycles. The molecule has 0 bridgehead atoms. The van der Waals surface area contributed by atoms with Crippen LogP contribution in [0.1, 0.15) is 0 Å². The van der Waals surface area contributed by atoms with Crippen LogP contribution < -0.4 is 10.7 Å². The molecule has 0 spiro atoms. The quantitative estimate of drug-likeness (QED) is 0.601. The molecule has 56 valence electrons. The van der Waals surface area contributed by atoms with E-state index in [4.69, 9.17) is 5.90 Å². The summed E-state index contributed by atoms with van der Waals surface area (Å²) in [7, 11) is 0. The van der Waals surface area contributed by atoms with Crippen molar-refractivity contribution in [2.24, 2.45) is 5.90 Å². The minimum atomic E-state index is 0.589. The molecule has 0 aliphatic heterocycles. The number of nitrogens with one attached hydrogen (secondary N) is 1. The first-order chi connectivity index (χ1) is 5.40. The van der Waals surface area contributed by atoms with Crippen LogP contribution in [0.25, 0.3) is 10.9 Å². The van der Waals surface area contributed by atoms with Crippen LogP contribution in [-0.2, 0) is 0 Å². The van der Waals surface area contributed by atoms with Crippen LogP contribution in [0.4, 0.5) is 0 Å². The molecule has 3 N–H and O–H groups in total. The Morgan fingerprint density at radius 2 is 2.09 bits per heavy atom. The molecule has 0 atom stereocenters. The fraction of sp³-hybridized carbons (Fsp3) is 0. The van der Waals surface area contributed by atoms with Gasteiger partial charge in [0.15, 0.2) is 0 Å². The summed E-state index contributed by atoms with van der Waals surface area (Å²) in [5.74, 6) is 5.57. The Labute approximate surface area is 63.7 Å². The Morgan fingerprint density at radius 3 is 2.82 bits per heavy atom. The van der Waals surface area contributed by atoms with Crippen molar-refractivity contribution in [3.63, 3.8) is 0 Å². The van der Waals surface area contributed by atoms with Crippen LogP contribution in [-0.4, -0.2) is 4.98 Å². The zero-order valence-corrected chi connectivity index (χ0v) is 5.87. The Kier molecular flexibility index (Phi) is 1.30. The topological polar surface area (TPSA) is 51.0 Å². The highest BCUT2D eigenvalue weighted by Gasteiger charge is 1.97. The smallest absolute Gasteiger partial charge is 0.216 e. The standard InChI is InChI=1S/C8H8N2O/c9-11-8-5-6-3-1-2-4-7(6)10-8/h1-5,10H,9H2. The lowest BCUT2D eigenvalue weighted by atomic mass is 10.3. The number of nitrogens with two attached hydrogens (primary N) is 1. The summed E-state index contributed by atoms with van der Waals surface area (Å²) in [5.41, 5.74) is 1.04. The normalized spacial score (nSPS) is 10.3. The third-order valence-corrected chi connectivity index (χ3v) is 1.63. The van der Waals surface area contributed by atoms with Crippen molar-refractivity contribution >= 4 is 10.9 Å². The molecule has 3 nitrogen and oxygen atoms in total. The lowest BCUT2D eigenvalue weighted by molar-refractivity contribution is 0.323. The fourth-order valence-electron chi connectivity index (χ4n) is 1.11. The number of para-hydroxylation sites is 1. The summed E-state index contributed by atoms with van der Waals surface area (Å²) in [6.07, 6.45) is 0. The molecule has 1 heterocycles. The number of benzene rings is 1. The van der Waals surface area contributed by atoms with Gasteiger partial charge < -0.3 is 9.82 Å². The van der Waals surface area contributed by atoms with Gasteiger partial charge in [0.25, 0.3) is 0 Å². The van der Waals surface area contributed by atoms with E-state index < -0.39 is 0 Å². The van der Waals surface area contributed by atoms with Crippen LogP contribution in [0.3, 0.4) is 0 Å². The van der Waals surface area contributed by atoms with Gasteiger partial charge in [-0.3, -0.25) is 0 Å². The maximum Gasteiger partial charge on any atom is 0.216 e. The van der Waals surface area contributed by atoms with E-state index in [0.29, 0.717) is 5.88 Å². The molecule has 1 aromatic carbocycles. The summed E-state index contributed by atoms with van der Waals surface area (Å²) in [4.78, 5) is 7.54. The van der Waals surface area contributed by atoms with Gasteiger partial charge >= 0.3 is 0 Å². The third-order valence-electron chi connectivity index (χ3n) is 1.63. The molecule has 0 unspecified atom stereocenters. The maximum absolute atomic E-state index is 4.98. The van der Waals surface area contributed by atoms with Crippen LogP contribution in [0.2, 0.25) is 0 Å². The monoisotopic (exact) mass is 148 g/mol. The van der Waals surface area contributed by atoms with E-state index in [-0.39, 0.29) is 0 Å². The first-order valence-corrected chi connectivity index (χ1v) is 3.34. The van der Waals surface area contributed by atoms with E-state index in [2.05, 4.69) is 9.82 Å². The van der Waals surface area contributed by atoms with Gasteiger partial charge in [0.2, 0.25) is 5.88 Å². The van der Waals surface area contributed by atoms with Crippen molar-refractivity contribution in [1.82, 2.24) is 4.98 Å². The summed E-state index contributed by atoms with van der Waals surface area (Å²) >= 11 is 0. The first kappa shape index (κ1) is 6.24. The number of hydrogen-bond acceptors (Lipinski definition) is 2. The summed E-state index contributed by atoms with van der Waals surface area (Å²) in [6.45, 7) is 0. The Morgan fingerprint density at radius 1 is 1.27 bits per heavy atom. The van der Waals surface area contributed by atoms with Gasteiger partial charge in [0.05, 0.1) is 0 Å². The second kappa shape index (κ2) is 2.29. The average Bonchev–Trinajstić information content (AvgIpc) is 2.46. The number of rotatable bonds is 1. The number of hydrogen-bond donors (Lipinski definition) is 2. The van der Waals surface area contributed by atoms with Crippen molar-refractivity contribution in [2.45, 2.75) is 0 Å². The summed E-state index contributed by atoms with van der Waals surface area (Å²) < 4.78 is 0. The minimum Gasteiger partial charge on any atom is -0.393 e. The molecular weight excluding hydrogens is 140 g/mol. The second-order valence-corrected chi connectivity index (χ2v) is 2.34. The molecule has 2 rings (SSSR count). The lowest BCUT2D eigenvalue weighted by Gasteiger charge is -1.87. The number of fused-ring (bicyclic) bond motifs is 1. The largest absolute Gasteiger partial charge is 0.393 e. The molecule has 2 aromatic rings. The minimum absolute atomic E-state index is 0.589. The van der Waals surface area contributed by atoms with Crippen molar-refractivity contribution in [3.8, 4) is 5.88 Å². The molecule has 0 aliphatic rings. The van der Waals surface area contributed by atoms with Crippen molar-refractivity contribution < 1.29 is 4.84 Å². The number of aromatic nitrogens is 1. The van der Waals surface area contributed by atoms with Crippen LogP contribution in [0.5, 0.6) is 5.88 Å². The van der Waals surface area contributed by atoms with E-state index in [9.17, 15) is 0 Å². The maximum atomic E-state index is 4.98. The number of aromatic amines is 1. The van der Waals surface area contributed by atoms with E-state index in [1.807, 2.05) is 30.3 Å². The molecule has 0 fully saturated rings. The highest BCUT2D eigenvalue weighted by atomic mass is 16.6. The predicted octanol–water partition coefficient (Wildman–Crippen LogP) is 1.42. The van der Waals surface area contributed by atoms with Crippen molar-refractivity contribution in [2.75, 3.05) is 0 Å². The molecule has 1 aromatic heterocycles. The van der Waals surface area contributed by atoms with Gasteiger partial charge in [-0.1, -0.05) is 18.2 Å². The number of H-pyrrole nitrogens is 1. The SMILES string of the molecule is NOc1cc2ccccc2[nH]1. The Bertz CT molecular complexity index is 334. The molecule has 0 aliphatic carbocycles. The van der Waals surface area contributed by atoms with Gasteiger partial charge in [-0.05, 0) is 6.07 Å². The van der Waals surface area contributed by atoms with Gasteiger partial charge in [-0.2, -0.15) is 5.90 Å². The van der Waals surface area contributed by atoms with Crippen LogP contribution in [0, 0.1) is 0 Å².